The van der Waals surface area contributed by atoms with Crippen LogP contribution in [-0.4, -0.2) is 25.8 Å². The lowest BCUT2D eigenvalue weighted by Gasteiger charge is -2.04. The molecule has 0 heterocycles. The SMILES string of the molecule is CCOCCCNC(=O)N/C=C/c1ccccc1Br. The molecule has 2 N–H and O–H groups in total. The topological polar surface area (TPSA) is 50.4 Å². The van der Waals surface area contributed by atoms with E-state index >= 15 is 0 Å². The monoisotopic (exact) mass is 326 g/mol. The number of ether oxygens (including phenoxy) is 1. The Morgan fingerprint density at radius 2 is 2.21 bits per heavy atom. The lowest BCUT2D eigenvalue weighted by atomic mass is 10.2. The summed E-state index contributed by atoms with van der Waals surface area (Å²) in [5.74, 6) is 0. The summed E-state index contributed by atoms with van der Waals surface area (Å²) < 4.78 is 6.17. The van der Waals surface area contributed by atoms with Crippen LogP contribution >= 0.6 is 15.9 Å². The number of benzene rings is 1. The van der Waals surface area contributed by atoms with Crippen LogP contribution in [0.25, 0.3) is 6.08 Å². The molecular formula is C14H19BrN2O2. The summed E-state index contributed by atoms with van der Waals surface area (Å²) >= 11 is 3.44. The highest BCUT2D eigenvalue weighted by Crippen LogP contribution is 2.16. The highest BCUT2D eigenvalue weighted by molar-refractivity contribution is 9.10. The molecule has 0 spiro atoms. The maximum atomic E-state index is 11.4. The van der Waals surface area contributed by atoms with Crippen LogP contribution in [-0.2, 0) is 4.74 Å². The summed E-state index contributed by atoms with van der Waals surface area (Å²) in [6, 6.07) is 7.59. The number of rotatable bonds is 7. The van der Waals surface area contributed by atoms with Crippen molar-refractivity contribution in [2.45, 2.75) is 13.3 Å². The summed E-state index contributed by atoms with van der Waals surface area (Å²) in [4.78, 5) is 11.4. The zero-order valence-electron chi connectivity index (χ0n) is 11.0. The number of halogens is 1. The fourth-order valence-corrected chi connectivity index (χ4v) is 1.81. The number of hydrogen-bond donors (Lipinski definition) is 2. The largest absolute Gasteiger partial charge is 0.382 e. The summed E-state index contributed by atoms with van der Waals surface area (Å²) in [7, 11) is 0. The Balaban J connectivity index is 2.21. The zero-order valence-corrected chi connectivity index (χ0v) is 12.6. The third-order valence-electron chi connectivity index (χ3n) is 2.34. The molecule has 19 heavy (non-hydrogen) atoms. The fourth-order valence-electron chi connectivity index (χ4n) is 1.39. The van der Waals surface area contributed by atoms with Crippen molar-refractivity contribution >= 4 is 28.0 Å². The average Bonchev–Trinajstić information content (AvgIpc) is 2.41. The Hall–Kier alpha value is -1.33. The molecule has 0 bridgehead atoms. The van der Waals surface area contributed by atoms with Crippen LogP contribution in [0.15, 0.2) is 34.9 Å². The van der Waals surface area contributed by atoms with E-state index in [2.05, 4.69) is 26.6 Å². The average molecular weight is 327 g/mol. The first kappa shape index (κ1) is 15.7. The van der Waals surface area contributed by atoms with Gasteiger partial charge < -0.3 is 15.4 Å². The van der Waals surface area contributed by atoms with Crippen LogP contribution in [0, 0.1) is 0 Å². The van der Waals surface area contributed by atoms with E-state index in [1.807, 2.05) is 37.3 Å². The Morgan fingerprint density at radius 1 is 1.42 bits per heavy atom. The second kappa shape index (κ2) is 9.58. The Morgan fingerprint density at radius 3 is 2.95 bits per heavy atom. The Bertz CT molecular complexity index is 422. The van der Waals surface area contributed by atoms with Gasteiger partial charge >= 0.3 is 6.03 Å². The highest BCUT2D eigenvalue weighted by Gasteiger charge is 1.96. The van der Waals surface area contributed by atoms with Crippen LogP contribution in [0.2, 0.25) is 0 Å². The molecule has 4 nitrogen and oxygen atoms in total. The second-order valence-corrected chi connectivity index (χ2v) is 4.66. The first-order valence-corrected chi connectivity index (χ1v) is 7.06. The van der Waals surface area contributed by atoms with E-state index < -0.39 is 0 Å². The quantitative estimate of drug-likeness (QED) is 0.756. The molecular weight excluding hydrogens is 308 g/mol. The van der Waals surface area contributed by atoms with Gasteiger partial charge in [0, 0.05) is 30.4 Å². The van der Waals surface area contributed by atoms with Gasteiger partial charge in [-0.15, -0.1) is 0 Å². The summed E-state index contributed by atoms with van der Waals surface area (Å²) in [5, 5.41) is 5.41. The van der Waals surface area contributed by atoms with E-state index in [4.69, 9.17) is 4.74 Å². The van der Waals surface area contributed by atoms with Gasteiger partial charge in [-0.25, -0.2) is 4.79 Å². The molecule has 1 rings (SSSR count). The van der Waals surface area contributed by atoms with Gasteiger partial charge in [-0.2, -0.15) is 0 Å². The first-order chi connectivity index (χ1) is 9.24. The van der Waals surface area contributed by atoms with E-state index in [1.165, 1.54) is 0 Å². The normalized spacial score (nSPS) is 10.6. The minimum atomic E-state index is -0.209. The van der Waals surface area contributed by atoms with E-state index in [1.54, 1.807) is 6.20 Å². The van der Waals surface area contributed by atoms with Gasteiger partial charge in [-0.1, -0.05) is 34.1 Å². The molecule has 1 aromatic rings. The van der Waals surface area contributed by atoms with E-state index in [9.17, 15) is 4.79 Å². The Labute approximate surface area is 122 Å². The summed E-state index contributed by atoms with van der Waals surface area (Å²) in [6.45, 7) is 3.94. The molecule has 0 aliphatic heterocycles. The van der Waals surface area contributed by atoms with Crippen molar-refractivity contribution in [2.24, 2.45) is 0 Å². The van der Waals surface area contributed by atoms with Crippen molar-refractivity contribution in [2.75, 3.05) is 19.8 Å². The first-order valence-electron chi connectivity index (χ1n) is 6.27. The summed E-state index contributed by atoms with van der Waals surface area (Å²) in [6.07, 6.45) is 4.27. The number of hydrogen-bond acceptors (Lipinski definition) is 2. The fraction of sp³-hybridized carbons (Fsp3) is 0.357. The van der Waals surface area contributed by atoms with Crippen LogP contribution in [0.1, 0.15) is 18.9 Å². The molecule has 0 saturated heterocycles. The lowest BCUT2D eigenvalue weighted by molar-refractivity contribution is 0.145. The van der Waals surface area contributed by atoms with E-state index in [0.717, 1.165) is 16.5 Å². The van der Waals surface area contributed by atoms with E-state index in [0.29, 0.717) is 19.8 Å². The molecule has 0 aliphatic carbocycles. The zero-order chi connectivity index (χ0) is 13.9. The van der Waals surface area contributed by atoms with Crippen molar-refractivity contribution in [3.63, 3.8) is 0 Å². The predicted octanol–water partition coefficient (Wildman–Crippen LogP) is 3.15. The molecule has 0 atom stereocenters. The Kier molecular flexibility index (Phi) is 7.93. The maximum absolute atomic E-state index is 11.4. The van der Waals surface area contributed by atoms with Gasteiger partial charge in [0.15, 0.2) is 0 Å². The molecule has 5 heteroatoms. The number of amides is 2. The van der Waals surface area contributed by atoms with Gasteiger partial charge in [-0.05, 0) is 31.1 Å². The van der Waals surface area contributed by atoms with Crippen LogP contribution < -0.4 is 10.6 Å². The minimum absolute atomic E-state index is 0.209. The van der Waals surface area contributed by atoms with Gasteiger partial charge in [0.1, 0.15) is 0 Å². The van der Waals surface area contributed by atoms with Gasteiger partial charge in [0.25, 0.3) is 0 Å². The molecule has 0 unspecified atom stereocenters. The number of carbonyl (C=O) groups excluding carboxylic acids is 1. The standard InChI is InChI=1S/C14H19BrN2O2/c1-2-19-11-5-9-16-14(18)17-10-8-12-6-3-4-7-13(12)15/h3-4,6-8,10H,2,5,9,11H2,1H3,(H2,16,17,18)/b10-8+. The maximum Gasteiger partial charge on any atom is 0.318 e. The van der Waals surface area contributed by atoms with Crippen LogP contribution in [0.3, 0.4) is 0 Å². The summed E-state index contributed by atoms with van der Waals surface area (Å²) in [5.41, 5.74) is 1.01. The molecule has 2 amide bonds. The number of nitrogens with one attached hydrogen (secondary N) is 2. The van der Waals surface area contributed by atoms with E-state index in [-0.39, 0.29) is 6.03 Å². The van der Waals surface area contributed by atoms with Gasteiger partial charge in [0.05, 0.1) is 0 Å². The molecule has 0 fully saturated rings. The van der Waals surface area contributed by atoms with Crippen molar-refractivity contribution in [3.05, 3.63) is 40.5 Å². The third-order valence-corrected chi connectivity index (χ3v) is 3.06. The third kappa shape index (κ3) is 6.98. The van der Waals surface area contributed by atoms with Crippen LogP contribution in [0.5, 0.6) is 0 Å². The molecule has 0 radical (unpaired) electrons. The van der Waals surface area contributed by atoms with Crippen LogP contribution in [0.4, 0.5) is 4.79 Å². The molecule has 1 aromatic carbocycles. The number of carbonyl (C=O) groups is 1. The molecule has 0 saturated carbocycles. The van der Waals surface area contributed by atoms with Gasteiger partial charge in [0.2, 0.25) is 0 Å². The van der Waals surface area contributed by atoms with Gasteiger partial charge in [-0.3, -0.25) is 0 Å². The van der Waals surface area contributed by atoms with Crippen molar-refractivity contribution in [1.29, 1.82) is 0 Å². The lowest BCUT2D eigenvalue weighted by Crippen LogP contribution is -2.33. The van der Waals surface area contributed by atoms with Crippen molar-refractivity contribution in [1.82, 2.24) is 10.6 Å². The second-order valence-electron chi connectivity index (χ2n) is 3.81. The smallest absolute Gasteiger partial charge is 0.318 e. The van der Waals surface area contributed by atoms with Crippen molar-refractivity contribution < 1.29 is 9.53 Å². The highest BCUT2D eigenvalue weighted by atomic mass is 79.9. The minimum Gasteiger partial charge on any atom is -0.382 e. The molecule has 104 valence electrons. The predicted molar refractivity (Wildman–Crippen MR) is 80.8 cm³/mol. The van der Waals surface area contributed by atoms with Crippen molar-refractivity contribution in [3.8, 4) is 0 Å². The molecule has 0 aromatic heterocycles. The number of urea groups is 1. The molecule has 0 aliphatic rings.